The van der Waals surface area contributed by atoms with E-state index in [1.54, 1.807) is 0 Å². The minimum atomic E-state index is -3.74. The number of nitrogens with one attached hydrogen (secondary N) is 2. The number of nitrogens with two attached hydrogens (primary N) is 1. The Morgan fingerprint density at radius 1 is 1.03 bits per heavy atom. The summed E-state index contributed by atoms with van der Waals surface area (Å²) >= 11 is 0. The highest BCUT2D eigenvalue weighted by atomic mass is 32.2. The summed E-state index contributed by atoms with van der Waals surface area (Å²) in [7, 11) is -3.74. The fraction of sp³-hybridized carbons (Fsp3) is 0.250. The number of nitrogens with zero attached hydrogens (tertiary/aromatic N) is 2. The fourth-order valence-corrected chi connectivity index (χ4v) is 3.46. The van der Waals surface area contributed by atoms with Gasteiger partial charge in [0, 0.05) is 12.1 Å². The molecule has 0 spiro atoms. The molecule has 0 radical (unpaired) electrons. The Bertz CT molecular complexity index is 1100. The Labute approximate surface area is 179 Å². The number of unbranched alkanes of at least 4 members (excludes halogenated alkanes) is 1. The Kier molecular flexibility index (Phi) is 7.34. The average Bonchev–Trinajstić information content (AvgIpc) is 3.22. The van der Waals surface area contributed by atoms with Crippen LogP contribution in [-0.4, -0.2) is 36.3 Å². The van der Waals surface area contributed by atoms with Gasteiger partial charge in [-0.25, -0.2) is 14.7 Å². The summed E-state index contributed by atoms with van der Waals surface area (Å²) in [5, 5.41) is 20.3. The van der Waals surface area contributed by atoms with E-state index in [1.165, 1.54) is 0 Å². The van der Waals surface area contributed by atoms with Gasteiger partial charge in [-0.2, -0.15) is 13.4 Å². The molecular weight excluding hydrogens is 422 g/mol. The van der Waals surface area contributed by atoms with E-state index < -0.39 is 22.3 Å². The zero-order valence-corrected chi connectivity index (χ0v) is 17.4. The van der Waals surface area contributed by atoms with E-state index in [9.17, 15) is 13.2 Å². The molecule has 3 aromatic rings. The maximum absolute atomic E-state index is 11.1. The molecule has 1 heterocycles. The topological polar surface area (TPSA) is 160 Å². The molecule has 1 unspecified atom stereocenters. The highest BCUT2D eigenvalue weighted by Crippen LogP contribution is 2.25. The normalized spacial score (nSPS) is 12.4. The Morgan fingerprint density at radius 3 is 2.32 bits per heavy atom. The number of hydrogen-bond acceptors (Lipinski definition) is 6. The third kappa shape index (κ3) is 6.88. The first-order chi connectivity index (χ1) is 14.8. The second kappa shape index (κ2) is 10.2. The van der Waals surface area contributed by atoms with Gasteiger partial charge in [-0.15, -0.1) is 0 Å². The van der Waals surface area contributed by atoms with Crippen LogP contribution < -0.4 is 15.2 Å². The number of amides is 1. The molecule has 1 amide bonds. The average molecular weight is 446 g/mol. The summed E-state index contributed by atoms with van der Waals surface area (Å²) in [6.07, 6.45) is 0.111. The van der Waals surface area contributed by atoms with Crippen molar-refractivity contribution in [2.45, 2.75) is 25.3 Å². The minimum Gasteiger partial charge on any atom is -0.465 e. The predicted octanol–water partition coefficient (Wildman–Crippen LogP) is 2.68. The van der Waals surface area contributed by atoms with Crippen molar-refractivity contribution in [2.75, 3.05) is 6.54 Å². The van der Waals surface area contributed by atoms with Gasteiger partial charge in [0.15, 0.2) is 0 Å². The van der Waals surface area contributed by atoms with Gasteiger partial charge in [0.25, 0.3) is 10.2 Å². The largest absolute Gasteiger partial charge is 0.465 e. The van der Waals surface area contributed by atoms with Crippen LogP contribution in [0.25, 0.3) is 22.5 Å². The van der Waals surface area contributed by atoms with Crippen LogP contribution >= 0.6 is 0 Å². The third-order valence-corrected chi connectivity index (χ3v) is 5.12. The molecule has 0 aliphatic rings. The fourth-order valence-electron chi connectivity index (χ4n) is 3.03. The van der Waals surface area contributed by atoms with Crippen molar-refractivity contribution in [3.63, 3.8) is 0 Å². The van der Waals surface area contributed by atoms with Gasteiger partial charge in [0.05, 0.1) is 0 Å². The molecule has 10 nitrogen and oxygen atoms in total. The Morgan fingerprint density at radius 2 is 1.68 bits per heavy atom. The molecule has 0 saturated heterocycles. The zero-order chi connectivity index (χ0) is 22.3. The second-order valence-corrected chi connectivity index (χ2v) is 8.22. The highest BCUT2D eigenvalue weighted by molar-refractivity contribution is 7.87. The van der Waals surface area contributed by atoms with E-state index >= 15 is 0 Å². The predicted molar refractivity (Wildman–Crippen MR) is 114 cm³/mol. The van der Waals surface area contributed by atoms with Crippen molar-refractivity contribution in [1.82, 2.24) is 20.2 Å². The first-order valence-corrected chi connectivity index (χ1v) is 11.1. The summed E-state index contributed by atoms with van der Waals surface area (Å²) in [6, 6.07) is 16.9. The molecule has 31 heavy (non-hydrogen) atoms. The number of hydrogen-bond donors (Lipinski definition) is 4. The van der Waals surface area contributed by atoms with Crippen LogP contribution in [0.3, 0.4) is 0 Å². The van der Waals surface area contributed by atoms with Gasteiger partial charge >= 0.3 is 6.09 Å². The molecule has 5 N–H and O–H groups in total. The van der Waals surface area contributed by atoms with Crippen molar-refractivity contribution >= 4 is 16.3 Å². The number of benzene rings is 2. The van der Waals surface area contributed by atoms with E-state index in [4.69, 9.17) is 14.8 Å². The summed E-state index contributed by atoms with van der Waals surface area (Å²) in [5.74, 6) is 0.492. The molecule has 0 aliphatic heterocycles. The molecule has 0 saturated carbocycles. The molecule has 0 bridgehead atoms. The van der Waals surface area contributed by atoms with Gasteiger partial charge in [0.2, 0.25) is 11.7 Å². The lowest BCUT2D eigenvalue weighted by Crippen LogP contribution is -2.31. The van der Waals surface area contributed by atoms with Gasteiger partial charge in [0.1, 0.15) is 6.04 Å². The van der Waals surface area contributed by atoms with Gasteiger partial charge in [-0.3, -0.25) is 0 Å². The van der Waals surface area contributed by atoms with Crippen molar-refractivity contribution in [3.05, 3.63) is 60.5 Å². The van der Waals surface area contributed by atoms with Crippen LogP contribution in [0.2, 0.25) is 0 Å². The first kappa shape index (κ1) is 22.4. The summed E-state index contributed by atoms with van der Waals surface area (Å²) < 4.78 is 29.2. The summed E-state index contributed by atoms with van der Waals surface area (Å²) in [4.78, 5) is 15.5. The lowest BCUT2D eigenvalue weighted by atomic mass is 10.0. The van der Waals surface area contributed by atoms with Crippen LogP contribution in [0.15, 0.2) is 59.1 Å². The molecule has 2 aromatic carbocycles. The van der Waals surface area contributed by atoms with Crippen LogP contribution in [0.5, 0.6) is 0 Å². The second-order valence-electron chi connectivity index (χ2n) is 6.84. The molecule has 1 atom stereocenters. The van der Waals surface area contributed by atoms with Gasteiger partial charge in [-0.1, -0.05) is 59.8 Å². The van der Waals surface area contributed by atoms with E-state index in [2.05, 4.69) is 20.2 Å². The molecule has 164 valence electrons. The van der Waals surface area contributed by atoms with E-state index in [1.807, 2.05) is 54.6 Å². The number of rotatable bonds is 10. The molecule has 1 aromatic heterocycles. The van der Waals surface area contributed by atoms with E-state index in [-0.39, 0.29) is 12.4 Å². The van der Waals surface area contributed by atoms with Crippen molar-refractivity contribution in [1.29, 1.82) is 0 Å². The van der Waals surface area contributed by atoms with Gasteiger partial charge in [-0.05, 0) is 30.4 Å². The van der Waals surface area contributed by atoms with Crippen LogP contribution in [0.4, 0.5) is 4.79 Å². The lowest BCUT2D eigenvalue weighted by molar-refractivity contribution is 0.184. The van der Waals surface area contributed by atoms with Crippen LogP contribution in [0, 0.1) is 0 Å². The van der Waals surface area contributed by atoms with Crippen LogP contribution in [-0.2, 0) is 10.2 Å². The first-order valence-electron chi connectivity index (χ1n) is 9.58. The summed E-state index contributed by atoms with van der Waals surface area (Å²) in [6.45, 7) is 0.154. The van der Waals surface area contributed by atoms with Crippen molar-refractivity contribution < 1.29 is 22.8 Å². The number of aromatic nitrogens is 2. The molecule has 0 aliphatic carbocycles. The van der Waals surface area contributed by atoms with E-state index in [0.29, 0.717) is 25.1 Å². The highest BCUT2D eigenvalue weighted by Gasteiger charge is 2.21. The quantitative estimate of drug-likeness (QED) is 0.349. The lowest BCUT2D eigenvalue weighted by Gasteiger charge is -2.12. The molecule has 0 fully saturated rings. The zero-order valence-electron chi connectivity index (χ0n) is 16.6. The SMILES string of the molecule is NS(=O)(=O)NCCCCC(NC(=O)O)c1nc(-c2ccc(-c3ccccc3)cc2)no1. The smallest absolute Gasteiger partial charge is 0.405 e. The molecule has 3 rings (SSSR count). The van der Waals surface area contributed by atoms with E-state index in [0.717, 1.165) is 16.7 Å². The summed E-state index contributed by atoms with van der Waals surface area (Å²) in [5.41, 5.74) is 2.87. The number of carboxylic acid groups (broad SMARTS) is 1. The standard InChI is InChI=1S/C20H23N5O5S/c21-31(28,29)22-13-5-4-8-17(23-20(26)27)19-24-18(25-30-19)16-11-9-15(10-12-16)14-6-2-1-3-7-14/h1-3,6-7,9-12,17,22-23H,4-5,8,13H2,(H,26,27)(H2,21,28,29). The van der Waals surface area contributed by atoms with Crippen molar-refractivity contribution in [3.8, 4) is 22.5 Å². The third-order valence-electron chi connectivity index (χ3n) is 4.51. The van der Waals surface area contributed by atoms with Gasteiger partial charge < -0.3 is 14.9 Å². The monoisotopic (exact) mass is 445 g/mol. The van der Waals surface area contributed by atoms with Crippen molar-refractivity contribution in [2.24, 2.45) is 5.14 Å². The number of carbonyl (C=O) groups is 1. The Hall–Kier alpha value is -3.28. The Balaban J connectivity index is 1.66. The maximum atomic E-state index is 11.1. The molecular formula is C20H23N5O5S. The van der Waals surface area contributed by atoms with Crippen LogP contribution in [0.1, 0.15) is 31.2 Å². The maximum Gasteiger partial charge on any atom is 0.405 e. The molecule has 11 heteroatoms. The minimum absolute atomic E-state index is 0.143.